The van der Waals surface area contributed by atoms with Crippen molar-refractivity contribution in [3.8, 4) is 5.75 Å². The first-order valence-corrected chi connectivity index (χ1v) is 6.60. The maximum Gasteiger partial charge on any atom is 0.124 e. The third-order valence-electron chi connectivity index (χ3n) is 3.27. The predicted molar refractivity (Wildman–Crippen MR) is 71.7 cm³/mol. The van der Waals surface area contributed by atoms with E-state index in [9.17, 15) is 0 Å². The van der Waals surface area contributed by atoms with Gasteiger partial charge in [-0.3, -0.25) is 0 Å². The number of benzene rings is 1. The molecule has 1 atom stereocenters. The van der Waals surface area contributed by atoms with Gasteiger partial charge in [-0.15, -0.1) is 0 Å². The molecular weight excluding hydrogens is 210 g/mol. The summed E-state index contributed by atoms with van der Waals surface area (Å²) < 4.78 is 5.73. The molecule has 1 aliphatic rings. The second-order valence-electron chi connectivity index (χ2n) is 5.46. The van der Waals surface area contributed by atoms with Gasteiger partial charge in [0.15, 0.2) is 0 Å². The van der Waals surface area contributed by atoms with Gasteiger partial charge in [0.05, 0.1) is 6.61 Å². The first-order chi connectivity index (χ1) is 8.08. The highest BCUT2D eigenvalue weighted by atomic mass is 16.5. The normalized spacial score (nSPS) is 19.3. The Bertz CT molecular complexity index is 385. The standard InChI is InChI=1S/C15H23NO/c1-10(2)12-5-6-15-13(9-12)14(7-8-17-15)16-11(3)4/h5-6,9-11,14,16H,7-8H2,1-4H3. The minimum atomic E-state index is 0.442. The fourth-order valence-corrected chi connectivity index (χ4v) is 2.35. The van der Waals surface area contributed by atoms with Gasteiger partial charge in [0.1, 0.15) is 5.75 Å². The van der Waals surface area contributed by atoms with Crippen LogP contribution in [0.15, 0.2) is 18.2 Å². The van der Waals surface area contributed by atoms with E-state index in [4.69, 9.17) is 4.74 Å². The number of hydrogen-bond acceptors (Lipinski definition) is 2. The summed E-state index contributed by atoms with van der Waals surface area (Å²) in [6.07, 6.45) is 1.06. The van der Waals surface area contributed by atoms with Crippen LogP contribution < -0.4 is 10.1 Å². The zero-order valence-corrected chi connectivity index (χ0v) is 11.3. The highest BCUT2D eigenvalue weighted by Crippen LogP contribution is 2.34. The van der Waals surface area contributed by atoms with Crippen molar-refractivity contribution in [3.63, 3.8) is 0 Å². The van der Waals surface area contributed by atoms with Crippen LogP contribution in [0.2, 0.25) is 0 Å². The Balaban J connectivity index is 2.30. The molecule has 2 nitrogen and oxygen atoms in total. The maximum atomic E-state index is 5.73. The molecule has 1 unspecified atom stereocenters. The summed E-state index contributed by atoms with van der Waals surface area (Å²) in [6.45, 7) is 9.67. The lowest BCUT2D eigenvalue weighted by molar-refractivity contribution is 0.247. The minimum absolute atomic E-state index is 0.442. The molecule has 0 aliphatic carbocycles. The average Bonchev–Trinajstić information content (AvgIpc) is 2.28. The molecule has 1 N–H and O–H groups in total. The van der Waals surface area contributed by atoms with E-state index in [0.29, 0.717) is 18.0 Å². The topological polar surface area (TPSA) is 21.3 Å². The Labute approximate surface area is 104 Å². The van der Waals surface area contributed by atoms with Gasteiger partial charge < -0.3 is 10.1 Å². The van der Waals surface area contributed by atoms with Crippen LogP contribution in [-0.4, -0.2) is 12.6 Å². The van der Waals surface area contributed by atoms with E-state index in [1.165, 1.54) is 11.1 Å². The molecule has 1 heterocycles. The van der Waals surface area contributed by atoms with Crippen LogP contribution in [0.5, 0.6) is 5.75 Å². The van der Waals surface area contributed by atoms with Crippen molar-refractivity contribution in [2.45, 2.75) is 52.1 Å². The highest BCUT2D eigenvalue weighted by molar-refractivity contribution is 5.41. The van der Waals surface area contributed by atoms with Gasteiger partial charge in [-0.05, 0) is 17.5 Å². The number of fused-ring (bicyclic) bond motifs is 1. The first-order valence-electron chi connectivity index (χ1n) is 6.60. The fraction of sp³-hybridized carbons (Fsp3) is 0.600. The third-order valence-corrected chi connectivity index (χ3v) is 3.27. The Morgan fingerprint density at radius 1 is 1.24 bits per heavy atom. The molecule has 0 spiro atoms. The summed E-state index contributed by atoms with van der Waals surface area (Å²) in [5.41, 5.74) is 2.72. The molecule has 0 fully saturated rings. The lowest BCUT2D eigenvalue weighted by atomic mass is 9.94. The Morgan fingerprint density at radius 3 is 2.65 bits per heavy atom. The largest absolute Gasteiger partial charge is 0.493 e. The first kappa shape index (κ1) is 12.4. The molecule has 2 rings (SSSR count). The van der Waals surface area contributed by atoms with Gasteiger partial charge in [0, 0.05) is 24.1 Å². The monoisotopic (exact) mass is 233 g/mol. The molecule has 0 saturated heterocycles. The van der Waals surface area contributed by atoms with Crippen molar-refractivity contribution in [1.29, 1.82) is 0 Å². The van der Waals surface area contributed by atoms with Gasteiger partial charge in [-0.1, -0.05) is 39.8 Å². The van der Waals surface area contributed by atoms with Crippen molar-refractivity contribution < 1.29 is 4.74 Å². The van der Waals surface area contributed by atoms with Gasteiger partial charge in [-0.25, -0.2) is 0 Å². The summed E-state index contributed by atoms with van der Waals surface area (Å²) >= 11 is 0. The molecule has 0 aromatic heterocycles. The number of ether oxygens (including phenoxy) is 1. The smallest absolute Gasteiger partial charge is 0.124 e. The molecule has 0 radical (unpaired) electrons. The van der Waals surface area contributed by atoms with E-state index < -0.39 is 0 Å². The molecule has 1 aromatic rings. The van der Waals surface area contributed by atoms with Crippen LogP contribution in [-0.2, 0) is 0 Å². The zero-order chi connectivity index (χ0) is 12.4. The minimum Gasteiger partial charge on any atom is -0.493 e. The fourth-order valence-electron chi connectivity index (χ4n) is 2.35. The van der Waals surface area contributed by atoms with Crippen molar-refractivity contribution >= 4 is 0 Å². The molecule has 0 saturated carbocycles. The molecular formula is C15H23NO. The summed E-state index contributed by atoms with van der Waals surface area (Å²) in [4.78, 5) is 0. The van der Waals surface area contributed by atoms with E-state index in [-0.39, 0.29) is 0 Å². The molecule has 1 aromatic carbocycles. The number of hydrogen-bond donors (Lipinski definition) is 1. The van der Waals surface area contributed by atoms with Crippen molar-refractivity contribution in [2.24, 2.45) is 0 Å². The third kappa shape index (κ3) is 2.81. The van der Waals surface area contributed by atoms with Crippen LogP contribution in [0, 0.1) is 0 Å². The number of rotatable bonds is 3. The van der Waals surface area contributed by atoms with E-state index in [0.717, 1.165) is 18.8 Å². The molecule has 0 bridgehead atoms. The predicted octanol–water partition coefficient (Wildman–Crippen LogP) is 3.63. The quantitative estimate of drug-likeness (QED) is 0.860. The van der Waals surface area contributed by atoms with Gasteiger partial charge in [0.2, 0.25) is 0 Å². The lowest BCUT2D eigenvalue weighted by Gasteiger charge is -2.29. The van der Waals surface area contributed by atoms with Crippen LogP contribution in [0.1, 0.15) is 57.2 Å². The highest BCUT2D eigenvalue weighted by Gasteiger charge is 2.22. The van der Waals surface area contributed by atoms with E-state index >= 15 is 0 Å². The zero-order valence-electron chi connectivity index (χ0n) is 11.3. The van der Waals surface area contributed by atoms with Gasteiger partial charge in [0.25, 0.3) is 0 Å². The molecule has 17 heavy (non-hydrogen) atoms. The summed E-state index contributed by atoms with van der Waals surface area (Å²) in [7, 11) is 0. The number of nitrogens with one attached hydrogen (secondary N) is 1. The van der Waals surface area contributed by atoms with Crippen LogP contribution in [0.4, 0.5) is 0 Å². The molecule has 94 valence electrons. The van der Waals surface area contributed by atoms with E-state index in [2.05, 4.69) is 51.2 Å². The van der Waals surface area contributed by atoms with Gasteiger partial charge in [-0.2, -0.15) is 0 Å². The van der Waals surface area contributed by atoms with Crippen molar-refractivity contribution in [3.05, 3.63) is 29.3 Å². The molecule has 1 aliphatic heterocycles. The van der Waals surface area contributed by atoms with E-state index in [1.807, 2.05) is 0 Å². The van der Waals surface area contributed by atoms with Crippen LogP contribution in [0.25, 0.3) is 0 Å². The Hall–Kier alpha value is -1.02. The summed E-state index contributed by atoms with van der Waals surface area (Å²) in [6, 6.07) is 7.56. The van der Waals surface area contributed by atoms with Crippen LogP contribution >= 0.6 is 0 Å². The van der Waals surface area contributed by atoms with Crippen LogP contribution in [0.3, 0.4) is 0 Å². The Kier molecular flexibility index (Phi) is 3.72. The molecule has 2 heteroatoms. The maximum absolute atomic E-state index is 5.73. The van der Waals surface area contributed by atoms with Crippen molar-refractivity contribution in [1.82, 2.24) is 5.32 Å². The lowest BCUT2D eigenvalue weighted by Crippen LogP contribution is -2.32. The molecule has 0 amide bonds. The summed E-state index contributed by atoms with van der Waals surface area (Å²) in [5.74, 6) is 1.63. The summed E-state index contributed by atoms with van der Waals surface area (Å²) in [5, 5.41) is 3.62. The van der Waals surface area contributed by atoms with Crippen molar-refractivity contribution in [2.75, 3.05) is 6.61 Å². The second-order valence-corrected chi connectivity index (χ2v) is 5.46. The van der Waals surface area contributed by atoms with E-state index in [1.54, 1.807) is 0 Å². The SMILES string of the molecule is CC(C)NC1CCOc2ccc(C(C)C)cc21. The van der Waals surface area contributed by atoms with Gasteiger partial charge >= 0.3 is 0 Å². The Morgan fingerprint density at radius 2 is 2.00 bits per heavy atom. The second kappa shape index (κ2) is 5.09. The average molecular weight is 233 g/mol.